The summed E-state index contributed by atoms with van der Waals surface area (Å²) in [5.41, 5.74) is 1.15. The summed E-state index contributed by atoms with van der Waals surface area (Å²) in [5.74, 6) is 1.75. The van der Waals surface area contributed by atoms with Gasteiger partial charge in [-0.1, -0.05) is 18.2 Å². The van der Waals surface area contributed by atoms with Crippen LogP contribution in [0.4, 0.5) is 0 Å². The van der Waals surface area contributed by atoms with E-state index in [2.05, 4.69) is 11.4 Å². The van der Waals surface area contributed by atoms with Gasteiger partial charge in [0.05, 0.1) is 18.9 Å². The molecular formula is C18H21NO3. The molecule has 1 aliphatic heterocycles. The van der Waals surface area contributed by atoms with Crippen molar-refractivity contribution >= 4 is 0 Å². The van der Waals surface area contributed by atoms with Crippen molar-refractivity contribution in [3.8, 4) is 5.75 Å². The standard InChI is InChI=1S/C18H21NO3/c20-12-15(17-7-3-10-21-17)19-14-11-18(8-4-9-18)22-16-6-2-1-5-13(14)16/h1-3,5-7,10,14-15,19-20H,4,8-9,11-12H2. The lowest BCUT2D eigenvalue weighted by molar-refractivity contribution is -0.0391. The van der Waals surface area contributed by atoms with Crippen molar-refractivity contribution in [3.05, 3.63) is 54.0 Å². The maximum atomic E-state index is 9.72. The molecule has 0 radical (unpaired) electrons. The van der Waals surface area contributed by atoms with Crippen LogP contribution in [-0.2, 0) is 0 Å². The zero-order chi connectivity index (χ0) is 15.0. The maximum absolute atomic E-state index is 9.72. The first kappa shape index (κ1) is 13.9. The Morgan fingerprint density at radius 2 is 2.09 bits per heavy atom. The first-order valence-corrected chi connectivity index (χ1v) is 7.98. The molecule has 2 aromatic rings. The van der Waals surface area contributed by atoms with Crippen molar-refractivity contribution in [1.29, 1.82) is 0 Å². The lowest BCUT2D eigenvalue weighted by Crippen LogP contribution is -2.49. The van der Waals surface area contributed by atoms with Gasteiger partial charge in [0.1, 0.15) is 17.1 Å². The summed E-state index contributed by atoms with van der Waals surface area (Å²) in [6.07, 6.45) is 6.05. The predicted octanol–water partition coefficient (Wildman–Crippen LogP) is 3.35. The summed E-state index contributed by atoms with van der Waals surface area (Å²) in [4.78, 5) is 0. The third-order valence-electron chi connectivity index (χ3n) is 4.93. The number of benzene rings is 1. The van der Waals surface area contributed by atoms with E-state index in [1.807, 2.05) is 30.3 Å². The van der Waals surface area contributed by atoms with Gasteiger partial charge in [-0.2, -0.15) is 0 Å². The molecular weight excluding hydrogens is 278 g/mol. The number of hydrogen-bond acceptors (Lipinski definition) is 4. The number of hydrogen-bond donors (Lipinski definition) is 2. The van der Waals surface area contributed by atoms with Crippen LogP contribution in [0.1, 0.15) is 49.1 Å². The number of fused-ring (bicyclic) bond motifs is 1. The quantitative estimate of drug-likeness (QED) is 0.909. The Labute approximate surface area is 130 Å². The average Bonchev–Trinajstić information content (AvgIpc) is 3.05. The van der Waals surface area contributed by atoms with Gasteiger partial charge >= 0.3 is 0 Å². The van der Waals surface area contributed by atoms with E-state index in [9.17, 15) is 5.11 Å². The molecule has 0 amide bonds. The van der Waals surface area contributed by atoms with Crippen LogP contribution in [0, 0.1) is 0 Å². The molecule has 22 heavy (non-hydrogen) atoms. The van der Waals surface area contributed by atoms with Crippen molar-refractivity contribution < 1.29 is 14.3 Å². The predicted molar refractivity (Wildman–Crippen MR) is 82.7 cm³/mol. The highest BCUT2D eigenvalue weighted by molar-refractivity contribution is 5.39. The van der Waals surface area contributed by atoms with Gasteiger partial charge in [-0.25, -0.2) is 0 Å². The minimum atomic E-state index is -0.191. The zero-order valence-corrected chi connectivity index (χ0v) is 12.5. The normalized spacial score (nSPS) is 23.4. The second kappa shape index (κ2) is 5.45. The second-order valence-electron chi connectivity index (χ2n) is 6.35. The molecule has 0 bridgehead atoms. The van der Waals surface area contributed by atoms with Crippen LogP contribution in [0.5, 0.6) is 5.75 Å². The highest BCUT2D eigenvalue weighted by atomic mass is 16.5. The number of nitrogens with one attached hydrogen (secondary N) is 1. The van der Waals surface area contributed by atoms with Gasteiger partial charge in [-0.3, -0.25) is 5.32 Å². The van der Waals surface area contributed by atoms with Gasteiger partial charge in [0, 0.05) is 18.0 Å². The van der Waals surface area contributed by atoms with Crippen LogP contribution in [0.25, 0.3) is 0 Å². The van der Waals surface area contributed by atoms with Crippen molar-refractivity contribution in [2.75, 3.05) is 6.61 Å². The molecule has 1 aromatic heterocycles. The molecule has 2 unspecified atom stereocenters. The molecule has 1 fully saturated rings. The minimum absolute atomic E-state index is 0.0139. The van der Waals surface area contributed by atoms with E-state index in [0.29, 0.717) is 0 Å². The molecule has 116 valence electrons. The summed E-state index contributed by atoms with van der Waals surface area (Å²) in [6.45, 7) is 0.0139. The number of ether oxygens (including phenoxy) is 1. The van der Waals surface area contributed by atoms with Crippen LogP contribution in [0.2, 0.25) is 0 Å². The first-order valence-electron chi connectivity index (χ1n) is 7.98. The maximum Gasteiger partial charge on any atom is 0.124 e. The fourth-order valence-corrected chi connectivity index (χ4v) is 3.60. The number of para-hydroxylation sites is 1. The molecule has 2 N–H and O–H groups in total. The van der Waals surface area contributed by atoms with Gasteiger partial charge in [0.25, 0.3) is 0 Å². The van der Waals surface area contributed by atoms with E-state index in [4.69, 9.17) is 9.15 Å². The van der Waals surface area contributed by atoms with Crippen molar-refractivity contribution in [3.63, 3.8) is 0 Å². The van der Waals surface area contributed by atoms with Crippen molar-refractivity contribution in [1.82, 2.24) is 5.32 Å². The highest BCUT2D eigenvalue weighted by Crippen LogP contribution is 2.49. The van der Waals surface area contributed by atoms with Crippen LogP contribution in [-0.4, -0.2) is 17.3 Å². The van der Waals surface area contributed by atoms with E-state index in [1.165, 1.54) is 12.0 Å². The molecule has 2 aliphatic rings. The van der Waals surface area contributed by atoms with E-state index in [1.54, 1.807) is 6.26 Å². The fourth-order valence-electron chi connectivity index (χ4n) is 3.60. The Kier molecular flexibility index (Phi) is 3.43. The largest absolute Gasteiger partial charge is 0.487 e. The Balaban J connectivity index is 1.62. The van der Waals surface area contributed by atoms with Gasteiger partial charge in [0.2, 0.25) is 0 Å². The molecule has 4 heteroatoms. The Bertz CT molecular complexity index is 634. The third-order valence-corrected chi connectivity index (χ3v) is 4.93. The van der Waals surface area contributed by atoms with Crippen LogP contribution < -0.4 is 10.1 Å². The molecule has 0 saturated heterocycles. The molecule has 1 spiro atoms. The molecule has 1 aliphatic carbocycles. The van der Waals surface area contributed by atoms with E-state index in [0.717, 1.165) is 30.8 Å². The van der Waals surface area contributed by atoms with Gasteiger partial charge in [-0.05, 0) is 37.5 Å². The Morgan fingerprint density at radius 1 is 1.23 bits per heavy atom. The Hall–Kier alpha value is -1.78. The third kappa shape index (κ3) is 2.32. The number of aliphatic hydroxyl groups excluding tert-OH is 1. The van der Waals surface area contributed by atoms with Crippen molar-refractivity contribution in [2.24, 2.45) is 0 Å². The number of furan rings is 1. The number of aliphatic hydroxyl groups is 1. The lowest BCUT2D eigenvalue weighted by Gasteiger charge is -2.48. The van der Waals surface area contributed by atoms with Gasteiger partial charge in [0.15, 0.2) is 0 Å². The summed E-state index contributed by atoms with van der Waals surface area (Å²) < 4.78 is 11.7. The van der Waals surface area contributed by atoms with Crippen LogP contribution in [0.3, 0.4) is 0 Å². The lowest BCUT2D eigenvalue weighted by atomic mass is 9.73. The molecule has 2 atom stereocenters. The van der Waals surface area contributed by atoms with Crippen LogP contribution >= 0.6 is 0 Å². The summed E-state index contributed by atoms with van der Waals surface area (Å²) in [7, 11) is 0. The van der Waals surface area contributed by atoms with Crippen LogP contribution in [0.15, 0.2) is 47.1 Å². The summed E-state index contributed by atoms with van der Waals surface area (Å²) in [6, 6.07) is 11.9. The minimum Gasteiger partial charge on any atom is -0.487 e. The van der Waals surface area contributed by atoms with Gasteiger partial charge in [-0.15, -0.1) is 0 Å². The molecule has 1 aromatic carbocycles. The first-order chi connectivity index (χ1) is 10.8. The highest BCUT2D eigenvalue weighted by Gasteiger charge is 2.45. The molecule has 4 rings (SSSR count). The SMILES string of the molecule is OCC(NC1CC2(CCC2)Oc2ccccc21)c1ccco1. The number of rotatable bonds is 4. The average molecular weight is 299 g/mol. The van der Waals surface area contributed by atoms with E-state index in [-0.39, 0.29) is 24.3 Å². The molecule has 4 nitrogen and oxygen atoms in total. The van der Waals surface area contributed by atoms with Crippen molar-refractivity contribution in [2.45, 2.75) is 43.4 Å². The van der Waals surface area contributed by atoms with Gasteiger partial charge < -0.3 is 14.3 Å². The summed E-state index contributed by atoms with van der Waals surface area (Å²) >= 11 is 0. The topological polar surface area (TPSA) is 54.6 Å². The Morgan fingerprint density at radius 3 is 2.77 bits per heavy atom. The summed E-state index contributed by atoms with van der Waals surface area (Å²) in [5, 5.41) is 13.3. The molecule has 2 heterocycles. The second-order valence-corrected chi connectivity index (χ2v) is 6.35. The monoisotopic (exact) mass is 299 g/mol. The van der Waals surface area contributed by atoms with E-state index >= 15 is 0 Å². The smallest absolute Gasteiger partial charge is 0.124 e. The molecule has 1 saturated carbocycles. The van der Waals surface area contributed by atoms with E-state index < -0.39 is 0 Å². The fraction of sp³-hybridized carbons (Fsp3) is 0.444. The zero-order valence-electron chi connectivity index (χ0n) is 12.5.